The number of hydrogen-bond donors (Lipinski definition) is 0. The normalized spacial score (nSPS) is 12.6. The first kappa shape index (κ1) is 26.5. The third-order valence-electron chi connectivity index (χ3n) is 7.53. The van der Waals surface area contributed by atoms with E-state index in [1.165, 1.54) is 0 Å². The van der Waals surface area contributed by atoms with Gasteiger partial charge >= 0.3 is 0 Å². The van der Waals surface area contributed by atoms with Gasteiger partial charge in [0.1, 0.15) is 23.6 Å². The van der Waals surface area contributed by atoms with Crippen LogP contribution in [0.5, 0.6) is 0 Å². The number of carbonyl (C=O) groups is 1. The Balaban J connectivity index is 0.00000302. The number of ketones is 1. The van der Waals surface area contributed by atoms with Crippen LogP contribution in [0, 0.1) is 0 Å². The summed E-state index contributed by atoms with van der Waals surface area (Å²) >= 11 is 0. The van der Waals surface area contributed by atoms with E-state index in [1.807, 2.05) is 102 Å². The van der Waals surface area contributed by atoms with E-state index in [1.54, 1.807) is 0 Å². The number of fused-ring (bicyclic) bond motifs is 3. The van der Waals surface area contributed by atoms with E-state index in [4.69, 9.17) is 4.42 Å². The highest BCUT2D eigenvalue weighted by atomic mass is 79.9. The van der Waals surface area contributed by atoms with E-state index >= 15 is 0 Å². The van der Waals surface area contributed by atoms with Crippen LogP contribution in [-0.4, -0.2) is 10.4 Å². The molecule has 4 nitrogen and oxygen atoms in total. The summed E-state index contributed by atoms with van der Waals surface area (Å²) in [6, 6.07) is 43.9. The van der Waals surface area contributed by atoms with Gasteiger partial charge < -0.3 is 21.4 Å². The summed E-state index contributed by atoms with van der Waals surface area (Å²) < 4.78 is 10.3. The zero-order valence-corrected chi connectivity index (χ0v) is 23.8. The lowest BCUT2D eigenvalue weighted by molar-refractivity contribution is -0.704. The van der Waals surface area contributed by atoms with Crippen LogP contribution in [0.3, 0.4) is 0 Å². The largest absolute Gasteiger partial charge is 1.00 e. The molecule has 5 heteroatoms. The third kappa shape index (κ3) is 5.01. The fraction of sp³-hybridized carbons (Fsp3) is 0.0556. The molecular formula is C36H27BrN2O2. The lowest BCUT2D eigenvalue weighted by Crippen LogP contribution is -3.00. The molecule has 200 valence electrons. The average Bonchev–Trinajstić information content (AvgIpc) is 3.64. The predicted octanol–water partition coefficient (Wildman–Crippen LogP) is 4.79. The maximum absolute atomic E-state index is 13.9. The van der Waals surface area contributed by atoms with Crippen molar-refractivity contribution in [2.24, 2.45) is 0 Å². The molecule has 2 unspecified atom stereocenters. The number of benzene rings is 5. The number of para-hydroxylation sites is 1. The van der Waals surface area contributed by atoms with Crippen molar-refractivity contribution in [3.8, 4) is 0 Å². The molecule has 0 fully saturated rings. The van der Waals surface area contributed by atoms with Crippen molar-refractivity contribution in [3.05, 3.63) is 174 Å². The quantitative estimate of drug-likeness (QED) is 0.195. The second-order valence-corrected chi connectivity index (χ2v) is 10.0. The van der Waals surface area contributed by atoms with Crippen molar-refractivity contribution in [1.29, 1.82) is 0 Å². The molecule has 0 saturated carbocycles. The molecule has 0 aliphatic rings. The van der Waals surface area contributed by atoms with Crippen molar-refractivity contribution in [3.63, 3.8) is 0 Å². The Morgan fingerprint density at radius 3 is 1.98 bits per heavy atom. The number of halogens is 1. The number of Topliss-reactive ketones (excluding diaryl/α,β-unsaturated/α-hetero) is 1. The van der Waals surface area contributed by atoms with Crippen molar-refractivity contribution >= 4 is 27.7 Å². The molecule has 7 aromatic rings. The van der Waals surface area contributed by atoms with Crippen molar-refractivity contribution in [2.75, 3.05) is 0 Å². The van der Waals surface area contributed by atoms with E-state index in [0.29, 0.717) is 5.56 Å². The van der Waals surface area contributed by atoms with Gasteiger partial charge in [0.2, 0.25) is 12.1 Å². The van der Waals surface area contributed by atoms with Crippen molar-refractivity contribution in [2.45, 2.75) is 12.1 Å². The van der Waals surface area contributed by atoms with E-state index in [-0.39, 0.29) is 28.8 Å². The Kier molecular flexibility index (Phi) is 7.36. The zero-order valence-electron chi connectivity index (χ0n) is 22.2. The van der Waals surface area contributed by atoms with Crippen molar-refractivity contribution < 1.29 is 30.8 Å². The summed E-state index contributed by atoms with van der Waals surface area (Å²) in [5, 5.41) is 2.20. The Morgan fingerprint density at radius 1 is 0.634 bits per heavy atom. The number of carbonyl (C=O) groups excluding carboxylic acids is 1. The predicted molar refractivity (Wildman–Crippen MR) is 157 cm³/mol. The first-order valence-corrected chi connectivity index (χ1v) is 13.4. The van der Waals surface area contributed by atoms with Gasteiger partial charge in [-0.3, -0.25) is 4.79 Å². The van der Waals surface area contributed by atoms with Crippen LogP contribution >= 0.6 is 0 Å². The lowest BCUT2D eigenvalue weighted by atomic mass is 9.96. The minimum Gasteiger partial charge on any atom is -1.00 e. The minimum atomic E-state index is -0.485. The highest BCUT2D eigenvalue weighted by molar-refractivity contribution is 6.05. The molecule has 2 aromatic heterocycles. The number of rotatable bonds is 7. The molecule has 2 heterocycles. The number of aromatic nitrogens is 2. The van der Waals surface area contributed by atoms with Crippen LogP contribution in [0.15, 0.2) is 157 Å². The van der Waals surface area contributed by atoms with E-state index in [2.05, 4.69) is 59.3 Å². The van der Waals surface area contributed by atoms with Crippen LogP contribution < -0.4 is 21.5 Å². The molecule has 0 aliphatic carbocycles. The van der Waals surface area contributed by atoms with Gasteiger partial charge in [0.15, 0.2) is 12.1 Å². The molecule has 2 atom stereocenters. The average molecular weight is 600 g/mol. The molecule has 0 aliphatic heterocycles. The van der Waals surface area contributed by atoms with Gasteiger partial charge in [-0.15, -0.1) is 0 Å². The van der Waals surface area contributed by atoms with E-state index in [0.717, 1.165) is 38.6 Å². The Hall–Kier alpha value is -4.74. The van der Waals surface area contributed by atoms with Gasteiger partial charge in [-0.1, -0.05) is 115 Å². The molecule has 0 bridgehead atoms. The Morgan fingerprint density at radius 2 is 1.24 bits per heavy atom. The summed E-state index contributed by atoms with van der Waals surface area (Å²) in [7, 11) is 0. The summed E-state index contributed by atoms with van der Waals surface area (Å²) in [5.41, 5.74) is 5.68. The van der Waals surface area contributed by atoms with Gasteiger partial charge in [-0.05, 0) is 18.2 Å². The Labute approximate surface area is 248 Å². The summed E-state index contributed by atoms with van der Waals surface area (Å²) in [6.07, 6.45) is 6.11. The van der Waals surface area contributed by atoms with Crippen molar-refractivity contribution in [1.82, 2.24) is 4.57 Å². The van der Waals surface area contributed by atoms with Crippen LogP contribution in [0.2, 0.25) is 0 Å². The molecule has 0 radical (unpaired) electrons. The number of furan rings is 1. The number of nitrogens with zero attached hydrogens (tertiary/aromatic N) is 2. The van der Waals surface area contributed by atoms with Crippen LogP contribution in [0.4, 0.5) is 0 Å². The van der Waals surface area contributed by atoms with Gasteiger partial charge in [-0.25, -0.2) is 9.13 Å². The highest BCUT2D eigenvalue weighted by Gasteiger charge is 2.30. The lowest BCUT2D eigenvalue weighted by Gasteiger charge is -2.16. The molecule has 0 amide bonds. The Bertz CT molecular complexity index is 1930. The van der Waals surface area contributed by atoms with Gasteiger partial charge in [0.25, 0.3) is 0 Å². The SMILES string of the molecule is O=C(c1ccccc1)C(c1ccccc1)n1cc[n+](C(c2ccccc2)c2ccc3oc4ccccc4c3c2)c1.[Br-]. The maximum Gasteiger partial charge on any atom is 0.245 e. The monoisotopic (exact) mass is 598 g/mol. The maximum atomic E-state index is 13.9. The second-order valence-electron chi connectivity index (χ2n) is 10.0. The molecule has 5 aromatic carbocycles. The standard InChI is InChI=1S/C36H27N2O2.BrH/c39-36(28-16-8-3-9-17-28)35(27-14-6-2-7-15-27)38-23-22-37(25-38)34(26-12-4-1-5-13-26)29-20-21-33-31(24-29)30-18-10-11-19-32(30)40-33;/h1-25,34-35H;1H/q+1;/p-1. The summed E-state index contributed by atoms with van der Waals surface area (Å²) in [4.78, 5) is 13.9. The molecule has 0 spiro atoms. The zero-order chi connectivity index (χ0) is 26.9. The molecule has 7 rings (SSSR count). The van der Waals surface area contributed by atoms with E-state index in [9.17, 15) is 4.79 Å². The fourth-order valence-electron chi connectivity index (χ4n) is 5.63. The molecular weight excluding hydrogens is 572 g/mol. The second kappa shape index (κ2) is 11.4. The topological polar surface area (TPSA) is 39.0 Å². The number of hydrogen-bond acceptors (Lipinski definition) is 2. The number of imidazole rings is 1. The van der Waals surface area contributed by atoms with Gasteiger partial charge in [-0.2, -0.15) is 0 Å². The third-order valence-corrected chi connectivity index (χ3v) is 7.53. The van der Waals surface area contributed by atoms with Gasteiger partial charge in [0.05, 0.1) is 0 Å². The van der Waals surface area contributed by atoms with Crippen LogP contribution in [-0.2, 0) is 0 Å². The van der Waals surface area contributed by atoms with E-state index < -0.39 is 6.04 Å². The molecule has 0 N–H and O–H groups in total. The first-order chi connectivity index (χ1) is 19.8. The molecule has 41 heavy (non-hydrogen) atoms. The smallest absolute Gasteiger partial charge is 0.245 e. The molecule has 0 saturated heterocycles. The fourth-order valence-corrected chi connectivity index (χ4v) is 5.63. The summed E-state index contributed by atoms with van der Waals surface area (Å²) in [6.45, 7) is 0. The minimum absolute atomic E-state index is 0. The first-order valence-electron chi connectivity index (χ1n) is 13.4. The van der Waals surface area contributed by atoms with Crippen LogP contribution in [0.25, 0.3) is 21.9 Å². The van der Waals surface area contributed by atoms with Gasteiger partial charge in [0, 0.05) is 33.0 Å². The van der Waals surface area contributed by atoms with Crippen LogP contribution in [0.1, 0.15) is 39.1 Å². The highest BCUT2D eigenvalue weighted by Crippen LogP contribution is 2.32. The summed E-state index contributed by atoms with van der Waals surface area (Å²) in [5.74, 6) is 0.0529.